The molecule has 8 N–H and O–H groups in total. The highest BCUT2D eigenvalue weighted by molar-refractivity contribution is 6.24. The zero-order chi connectivity index (χ0) is 29.7. The van der Waals surface area contributed by atoms with Crippen LogP contribution in [0.5, 0.6) is 0 Å². The Morgan fingerprint density at radius 3 is 2.40 bits per heavy atom. The quantitative estimate of drug-likeness (QED) is 0.134. The summed E-state index contributed by atoms with van der Waals surface area (Å²) in [5.41, 5.74) is 0.311. The summed E-state index contributed by atoms with van der Waals surface area (Å²) in [6, 6.07) is 14.7. The van der Waals surface area contributed by atoms with Crippen LogP contribution in [-0.4, -0.2) is 87.3 Å². The first-order valence-corrected chi connectivity index (χ1v) is 13.9. The minimum absolute atomic E-state index is 0.0163. The summed E-state index contributed by atoms with van der Waals surface area (Å²) in [4.78, 5) is 24.3. The topological polar surface area (TPSA) is 206 Å². The molecule has 13 nitrogen and oxygen atoms in total. The molecule has 0 unspecified atom stereocenters. The Balaban J connectivity index is 1.29. The number of aliphatic hydroxyl groups is 6. The van der Waals surface area contributed by atoms with E-state index in [-0.39, 0.29) is 17.1 Å². The van der Waals surface area contributed by atoms with Gasteiger partial charge in [-0.2, -0.15) is 4.98 Å². The number of rotatable bonds is 4. The number of nitrogens with zero attached hydrogens (tertiary/aromatic N) is 3. The summed E-state index contributed by atoms with van der Waals surface area (Å²) in [5.74, 6) is -0.0738. The van der Waals surface area contributed by atoms with Crippen LogP contribution < -0.4 is 10.9 Å². The molecule has 0 amide bonds. The number of ether oxygens (including phenoxy) is 1. The van der Waals surface area contributed by atoms with Crippen LogP contribution in [0.2, 0.25) is 0 Å². The van der Waals surface area contributed by atoms with Gasteiger partial charge in [0.1, 0.15) is 36.6 Å². The maximum atomic E-state index is 13.1. The maximum Gasteiger partial charge on any atom is 0.280 e. The largest absolute Gasteiger partial charge is 0.394 e. The molecule has 0 spiro atoms. The lowest BCUT2D eigenvalue weighted by atomic mass is 9.77. The van der Waals surface area contributed by atoms with Crippen molar-refractivity contribution < 1.29 is 35.4 Å². The highest BCUT2D eigenvalue weighted by atomic mass is 16.6. The molecule has 6 aromatic rings. The van der Waals surface area contributed by atoms with Crippen LogP contribution in [0.1, 0.15) is 29.5 Å². The Bertz CT molecular complexity index is 2080. The summed E-state index contributed by atoms with van der Waals surface area (Å²) in [6.45, 7) is -0.530. The standard InChI is InChI=1S/C30H27N5O8/c36-9-16-23(38)26(41)29(43-16)35-10-31-21-27(35)33-30(34-28(21)42)32-20-19-14-7-6-12-3-1-2-11-4-5-13(18(14)17(11)12)8-15(19)22(37)25(40)24(20)39/h1-8,10,16,20,22-26,29,36-41H,9H2,(H2,32,33,34,42)/t16-,20-,22+,23-,24+,25-,26-,29-/m1/s1. The molecule has 1 aliphatic carbocycles. The third kappa shape index (κ3) is 3.67. The molecule has 8 rings (SSSR count). The molecule has 0 bridgehead atoms. The average molecular weight is 586 g/mol. The van der Waals surface area contributed by atoms with E-state index in [9.17, 15) is 35.4 Å². The minimum atomic E-state index is -1.54. The van der Waals surface area contributed by atoms with Crippen molar-refractivity contribution >= 4 is 49.4 Å². The van der Waals surface area contributed by atoms with Crippen molar-refractivity contribution in [1.29, 1.82) is 0 Å². The van der Waals surface area contributed by atoms with Gasteiger partial charge in [-0.25, -0.2) is 4.98 Å². The van der Waals surface area contributed by atoms with Crippen molar-refractivity contribution in [2.45, 2.75) is 48.9 Å². The second-order valence-electron chi connectivity index (χ2n) is 11.3. The van der Waals surface area contributed by atoms with Crippen molar-refractivity contribution in [2.75, 3.05) is 11.9 Å². The summed E-state index contributed by atoms with van der Waals surface area (Å²) in [5, 5.41) is 72.3. The summed E-state index contributed by atoms with van der Waals surface area (Å²) >= 11 is 0. The number of anilines is 1. The van der Waals surface area contributed by atoms with Crippen molar-refractivity contribution in [1.82, 2.24) is 19.5 Å². The normalized spacial score (nSPS) is 29.3. The van der Waals surface area contributed by atoms with Crippen LogP contribution in [0.25, 0.3) is 43.5 Å². The Morgan fingerprint density at radius 1 is 0.907 bits per heavy atom. The van der Waals surface area contributed by atoms with Gasteiger partial charge in [-0.1, -0.05) is 42.5 Å². The SMILES string of the molecule is O=c1[nH]c(N[C@@H]2c3c(cc4ccc5cccc6ccc3c4c56)[C@H](O)[C@@H](O)[C@H]2O)nc2c1ncn2[C@@H]1O[C@H](CO)[C@@H](O)[C@H]1O. The van der Waals surface area contributed by atoms with E-state index in [0.29, 0.717) is 11.1 Å². The number of H-pyrrole nitrogens is 1. The highest BCUT2D eigenvalue weighted by Crippen LogP contribution is 2.46. The summed E-state index contributed by atoms with van der Waals surface area (Å²) in [7, 11) is 0. The molecule has 0 saturated carbocycles. The van der Waals surface area contributed by atoms with Gasteiger partial charge in [-0.05, 0) is 49.5 Å². The average Bonchev–Trinajstić information content (AvgIpc) is 3.56. The maximum absolute atomic E-state index is 13.1. The van der Waals surface area contributed by atoms with E-state index in [2.05, 4.69) is 20.3 Å². The van der Waals surface area contributed by atoms with Gasteiger partial charge in [0, 0.05) is 0 Å². The van der Waals surface area contributed by atoms with E-state index >= 15 is 0 Å². The zero-order valence-electron chi connectivity index (χ0n) is 22.4. The molecule has 13 heteroatoms. The van der Waals surface area contributed by atoms with Gasteiger partial charge in [0.2, 0.25) is 5.95 Å². The molecule has 1 saturated heterocycles. The van der Waals surface area contributed by atoms with Gasteiger partial charge >= 0.3 is 0 Å². The fourth-order valence-electron chi connectivity index (χ4n) is 6.78. The van der Waals surface area contributed by atoms with Crippen molar-refractivity contribution in [3.63, 3.8) is 0 Å². The molecule has 4 aromatic carbocycles. The number of benzene rings is 4. The van der Waals surface area contributed by atoms with E-state index in [0.717, 1.165) is 32.3 Å². The lowest BCUT2D eigenvalue weighted by Gasteiger charge is -2.38. The molecule has 1 aliphatic heterocycles. The third-order valence-electron chi connectivity index (χ3n) is 8.88. The van der Waals surface area contributed by atoms with Crippen molar-refractivity contribution in [2.24, 2.45) is 0 Å². The van der Waals surface area contributed by atoms with E-state index in [1.165, 1.54) is 10.9 Å². The molecular formula is C30H27N5O8. The second-order valence-corrected chi connectivity index (χ2v) is 11.3. The van der Waals surface area contributed by atoms with Crippen LogP contribution in [0.15, 0.2) is 59.7 Å². The third-order valence-corrected chi connectivity index (χ3v) is 8.88. The predicted molar refractivity (Wildman–Crippen MR) is 155 cm³/mol. The van der Waals surface area contributed by atoms with Crippen LogP contribution in [0.4, 0.5) is 5.95 Å². The molecule has 220 valence electrons. The predicted octanol–water partition coefficient (Wildman–Crippen LogP) is 0.550. The minimum Gasteiger partial charge on any atom is -0.394 e. The molecule has 0 radical (unpaired) electrons. The fraction of sp³-hybridized carbons (Fsp3) is 0.300. The number of imidazole rings is 1. The molecule has 1 fully saturated rings. The summed E-state index contributed by atoms with van der Waals surface area (Å²) < 4.78 is 6.90. The monoisotopic (exact) mass is 585 g/mol. The number of fused-ring (bicyclic) bond motifs is 3. The van der Waals surface area contributed by atoms with Crippen LogP contribution in [-0.2, 0) is 4.74 Å². The number of aliphatic hydroxyl groups excluding tert-OH is 6. The molecule has 2 aliphatic rings. The molecular weight excluding hydrogens is 558 g/mol. The van der Waals surface area contributed by atoms with Crippen LogP contribution >= 0.6 is 0 Å². The van der Waals surface area contributed by atoms with Gasteiger partial charge in [0.25, 0.3) is 5.56 Å². The number of nitrogens with one attached hydrogen (secondary N) is 2. The van der Waals surface area contributed by atoms with Crippen LogP contribution in [0.3, 0.4) is 0 Å². The van der Waals surface area contributed by atoms with Gasteiger partial charge < -0.3 is 40.7 Å². The Hall–Kier alpha value is -4.21. The van der Waals surface area contributed by atoms with Gasteiger partial charge in [0.05, 0.1) is 19.0 Å². The Labute approximate surface area is 241 Å². The number of aromatic nitrogens is 4. The first-order chi connectivity index (χ1) is 20.8. The van der Waals surface area contributed by atoms with Crippen molar-refractivity contribution in [3.8, 4) is 0 Å². The highest BCUT2D eigenvalue weighted by Gasteiger charge is 2.45. The molecule has 43 heavy (non-hydrogen) atoms. The zero-order valence-corrected chi connectivity index (χ0v) is 22.4. The van der Waals surface area contributed by atoms with E-state index in [1.807, 2.05) is 48.5 Å². The summed E-state index contributed by atoms with van der Waals surface area (Å²) in [6.07, 6.45) is -8.19. The van der Waals surface area contributed by atoms with Crippen molar-refractivity contribution in [3.05, 3.63) is 76.3 Å². The molecule has 3 heterocycles. The lowest BCUT2D eigenvalue weighted by molar-refractivity contribution is -0.0767. The first-order valence-electron chi connectivity index (χ1n) is 13.9. The van der Waals surface area contributed by atoms with Crippen LogP contribution in [0, 0.1) is 0 Å². The fourth-order valence-corrected chi connectivity index (χ4v) is 6.78. The molecule has 2 aromatic heterocycles. The number of hydrogen-bond donors (Lipinski definition) is 8. The number of hydrogen-bond acceptors (Lipinski definition) is 11. The van der Waals surface area contributed by atoms with Gasteiger partial charge in [-0.15, -0.1) is 0 Å². The smallest absolute Gasteiger partial charge is 0.280 e. The van der Waals surface area contributed by atoms with Gasteiger partial charge in [0.15, 0.2) is 17.4 Å². The van der Waals surface area contributed by atoms with E-state index in [4.69, 9.17) is 4.74 Å². The molecule has 8 atom stereocenters. The van der Waals surface area contributed by atoms with E-state index < -0.39 is 61.1 Å². The van der Waals surface area contributed by atoms with E-state index in [1.54, 1.807) is 0 Å². The Morgan fingerprint density at radius 2 is 1.65 bits per heavy atom. The number of aromatic amines is 1. The Kier molecular flexibility index (Phi) is 5.77. The van der Waals surface area contributed by atoms with Gasteiger partial charge in [-0.3, -0.25) is 14.3 Å². The lowest BCUT2D eigenvalue weighted by Crippen LogP contribution is -2.44. The second kappa shape index (κ2) is 9.39. The first kappa shape index (κ1) is 26.4.